The number of anilines is 1. The second-order valence-corrected chi connectivity index (χ2v) is 8.25. The van der Waals surface area contributed by atoms with Crippen LogP contribution < -0.4 is 20.3 Å². The number of aromatic nitrogens is 1. The van der Waals surface area contributed by atoms with Crippen molar-refractivity contribution in [2.24, 2.45) is 0 Å². The van der Waals surface area contributed by atoms with Crippen molar-refractivity contribution in [2.75, 3.05) is 4.90 Å². The Morgan fingerprint density at radius 1 is 1.03 bits per heavy atom. The molecule has 4 amide bonds. The van der Waals surface area contributed by atoms with E-state index in [1.807, 2.05) is 6.07 Å². The van der Waals surface area contributed by atoms with E-state index < -0.39 is 35.6 Å². The summed E-state index contributed by atoms with van der Waals surface area (Å²) in [6.45, 7) is 1.61. The zero-order valence-electron chi connectivity index (χ0n) is 19.0. The van der Waals surface area contributed by atoms with E-state index in [9.17, 15) is 27.6 Å². The van der Waals surface area contributed by atoms with Gasteiger partial charge in [0.25, 0.3) is 5.91 Å². The third-order valence-corrected chi connectivity index (χ3v) is 5.73. The van der Waals surface area contributed by atoms with Crippen LogP contribution in [0.5, 0.6) is 5.75 Å². The molecule has 8 nitrogen and oxygen atoms in total. The first-order valence-electron chi connectivity index (χ1n) is 10.8. The van der Waals surface area contributed by atoms with Crippen molar-refractivity contribution in [3.63, 3.8) is 0 Å². The molecule has 1 aliphatic rings. The summed E-state index contributed by atoms with van der Waals surface area (Å²) in [7, 11) is 0. The zero-order valence-corrected chi connectivity index (χ0v) is 19.0. The van der Waals surface area contributed by atoms with Crippen LogP contribution in [-0.2, 0) is 21.5 Å². The highest BCUT2D eigenvalue weighted by atomic mass is 19.4. The molecule has 0 bridgehead atoms. The number of pyridine rings is 1. The number of urea groups is 1. The number of ether oxygens (including phenoxy) is 1. The molecule has 36 heavy (non-hydrogen) atoms. The highest BCUT2D eigenvalue weighted by Crippen LogP contribution is 2.32. The molecule has 1 aliphatic heterocycles. The fraction of sp³-hybridized carbons (Fsp3) is 0.200. The Morgan fingerprint density at radius 3 is 2.28 bits per heavy atom. The van der Waals surface area contributed by atoms with Crippen LogP contribution >= 0.6 is 0 Å². The summed E-state index contributed by atoms with van der Waals surface area (Å²) >= 11 is 0. The molecule has 0 spiro atoms. The normalized spacial score (nSPS) is 17.3. The summed E-state index contributed by atoms with van der Waals surface area (Å²) in [5.74, 6) is -1.57. The highest BCUT2D eigenvalue weighted by Gasteiger charge is 2.51. The number of carbonyl (C=O) groups excluding carboxylic acids is 3. The van der Waals surface area contributed by atoms with Crippen molar-refractivity contribution in [2.45, 2.75) is 31.3 Å². The molecule has 0 aliphatic carbocycles. The molecule has 0 saturated carbocycles. The molecule has 1 fully saturated rings. The van der Waals surface area contributed by atoms with Crippen molar-refractivity contribution in [3.8, 4) is 5.75 Å². The molecule has 186 valence electrons. The number of rotatable bonds is 7. The number of carbonyl (C=O) groups is 3. The van der Waals surface area contributed by atoms with E-state index in [1.54, 1.807) is 43.3 Å². The Balaban J connectivity index is 1.61. The van der Waals surface area contributed by atoms with Gasteiger partial charge in [0.2, 0.25) is 5.91 Å². The van der Waals surface area contributed by atoms with Gasteiger partial charge in [-0.25, -0.2) is 9.69 Å². The minimum absolute atomic E-state index is 0.0424. The average molecular weight is 498 g/mol. The van der Waals surface area contributed by atoms with Gasteiger partial charge in [-0.3, -0.25) is 14.6 Å². The van der Waals surface area contributed by atoms with E-state index in [4.69, 9.17) is 0 Å². The topological polar surface area (TPSA) is 101 Å². The van der Waals surface area contributed by atoms with Gasteiger partial charge in [0.1, 0.15) is 11.8 Å². The summed E-state index contributed by atoms with van der Waals surface area (Å²) in [6.07, 6.45) is -1.84. The molecule has 4 rings (SSSR count). The SMILES string of the molecule is CC(NC(=O)Cc1ccccc1)(c1ccncc1)C1NC(=O)N(c2ccc(OC(F)(F)F)cc2)C1=O. The van der Waals surface area contributed by atoms with Gasteiger partial charge in [0.15, 0.2) is 0 Å². The Kier molecular flexibility index (Phi) is 6.65. The maximum absolute atomic E-state index is 13.5. The molecule has 2 aromatic carbocycles. The fourth-order valence-corrected chi connectivity index (χ4v) is 4.04. The number of benzene rings is 2. The van der Waals surface area contributed by atoms with Gasteiger partial charge in [0, 0.05) is 12.4 Å². The van der Waals surface area contributed by atoms with Crippen molar-refractivity contribution in [1.29, 1.82) is 0 Å². The number of nitrogens with one attached hydrogen (secondary N) is 2. The lowest BCUT2D eigenvalue weighted by atomic mass is 9.84. The monoisotopic (exact) mass is 498 g/mol. The van der Waals surface area contributed by atoms with E-state index >= 15 is 0 Å². The summed E-state index contributed by atoms with van der Waals surface area (Å²) in [5, 5.41) is 5.49. The Labute approximate surface area is 204 Å². The van der Waals surface area contributed by atoms with Gasteiger partial charge in [-0.2, -0.15) is 0 Å². The summed E-state index contributed by atoms with van der Waals surface area (Å²) in [6, 6.07) is 14.6. The van der Waals surface area contributed by atoms with Crippen molar-refractivity contribution in [1.82, 2.24) is 15.6 Å². The van der Waals surface area contributed by atoms with Gasteiger partial charge in [-0.15, -0.1) is 13.2 Å². The molecule has 2 heterocycles. The molecular weight excluding hydrogens is 477 g/mol. The van der Waals surface area contributed by atoms with E-state index in [1.165, 1.54) is 24.5 Å². The number of amides is 4. The molecular formula is C25H21F3N4O4. The van der Waals surface area contributed by atoms with Crippen LogP contribution in [0.25, 0.3) is 0 Å². The largest absolute Gasteiger partial charge is 0.573 e. The number of hydrogen-bond acceptors (Lipinski definition) is 5. The highest BCUT2D eigenvalue weighted by molar-refractivity contribution is 6.22. The predicted molar refractivity (Wildman–Crippen MR) is 123 cm³/mol. The lowest BCUT2D eigenvalue weighted by Gasteiger charge is -2.35. The van der Waals surface area contributed by atoms with Gasteiger partial charge in [-0.05, 0) is 54.4 Å². The average Bonchev–Trinajstić information content (AvgIpc) is 3.14. The first-order valence-corrected chi connectivity index (χ1v) is 10.8. The molecule has 2 atom stereocenters. The lowest BCUT2D eigenvalue weighted by Crippen LogP contribution is -2.58. The maximum atomic E-state index is 13.5. The molecule has 2 unspecified atom stereocenters. The molecule has 1 aromatic heterocycles. The van der Waals surface area contributed by atoms with Crippen molar-refractivity contribution < 1.29 is 32.3 Å². The maximum Gasteiger partial charge on any atom is 0.573 e. The number of alkyl halides is 3. The quantitative estimate of drug-likeness (QED) is 0.484. The van der Waals surface area contributed by atoms with Gasteiger partial charge in [-0.1, -0.05) is 30.3 Å². The van der Waals surface area contributed by atoms with Gasteiger partial charge in [0.05, 0.1) is 17.6 Å². The van der Waals surface area contributed by atoms with Gasteiger partial charge >= 0.3 is 12.4 Å². The first kappa shape index (κ1) is 24.7. The number of nitrogens with zero attached hydrogens (tertiary/aromatic N) is 2. The molecule has 11 heteroatoms. The van der Waals surface area contributed by atoms with Crippen LogP contribution in [0.15, 0.2) is 79.1 Å². The Morgan fingerprint density at radius 2 is 1.67 bits per heavy atom. The smallest absolute Gasteiger partial charge is 0.406 e. The van der Waals surface area contributed by atoms with Crippen LogP contribution in [0.4, 0.5) is 23.7 Å². The second kappa shape index (κ2) is 9.68. The minimum atomic E-state index is -4.88. The first-order chi connectivity index (χ1) is 17.1. The van der Waals surface area contributed by atoms with Crippen LogP contribution in [0.3, 0.4) is 0 Å². The van der Waals surface area contributed by atoms with Crippen LogP contribution in [0, 0.1) is 0 Å². The van der Waals surface area contributed by atoms with E-state index in [0.717, 1.165) is 22.6 Å². The zero-order chi connectivity index (χ0) is 25.9. The molecule has 0 radical (unpaired) electrons. The summed E-state index contributed by atoms with van der Waals surface area (Å²) in [4.78, 5) is 44.0. The molecule has 1 saturated heterocycles. The van der Waals surface area contributed by atoms with E-state index in [0.29, 0.717) is 5.56 Å². The van der Waals surface area contributed by atoms with E-state index in [2.05, 4.69) is 20.4 Å². The van der Waals surface area contributed by atoms with Crippen molar-refractivity contribution >= 4 is 23.5 Å². The minimum Gasteiger partial charge on any atom is -0.406 e. The van der Waals surface area contributed by atoms with E-state index in [-0.39, 0.29) is 18.0 Å². The van der Waals surface area contributed by atoms with Gasteiger partial charge < -0.3 is 15.4 Å². The number of imide groups is 1. The fourth-order valence-electron chi connectivity index (χ4n) is 4.04. The summed E-state index contributed by atoms with van der Waals surface area (Å²) < 4.78 is 41.2. The molecule has 2 N–H and O–H groups in total. The predicted octanol–water partition coefficient (Wildman–Crippen LogP) is 3.68. The molecule has 3 aromatic rings. The van der Waals surface area contributed by atoms with Crippen LogP contribution in [-0.4, -0.2) is 35.2 Å². The van der Waals surface area contributed by atoms with Crippen LogP contribution in [0.2, 0.25) is 0 Å². The lowest BCUT2D eigenvalue weighted by molar-refractivity contribution is -0.274. The number of halogens is 3. The second-order valence-electron chi connectivity index (χ2n) is 8.25. The van der Waals surface area contributed by atoms with Crippen molar-refractivity contribution in [3.05, 3.63) is 90.3 Å². The summed E-state index contributed by atoms with van der Waals surface area (Å²) in [5.41, 5.74) is -0.0393. The Bertz CT molecular complexity index is 1250. The Hall–Kier alpha value is -4.41. The standard InChI is InChI=1S/C25H21F3N4O4/c1-24(17-11-13-29-14-12-17,31-20(33)15-16-5-3-2-4-6-16)21-22(34)32(23(35)30-21)18-7-9-19(10-8-18)36-25(26,27)28/h2-14,21H,15H2,1H3,(H,30,35)(H,31,33). The number of hydrogen-bond donors (Lipinski definition) is 2. The third kappa shape index (κ3) is 5.29. The van der Waals surface area contributed by atoms with Crippen LogP contribution in [0.1, 0.15) is 18.1 Å². The third-order valence-electron chi connectivity index (χ3n) is 5.73.